The predicted molar refractivity (Wildman–Crippen MR) is 73.9 cm³/mol. The molecule has 1 aromatic rings. The Morgan fingerprint density at radius 2 is 2.35 bits per heavy atom. The number of hydrogen-bond acceptors (Lipinski definition) is 3. The molecule has 0 bridgehead atoms. The van der Waals surface area contributed by atoms with Crippen LogP contribution in [0.25, 0.3) is 0 Å². The van der Waals surface area contributed by atoms with E-state index in [4.69, 9.17) is 16.3 Å². The van der Waals surface area contributed by atoms with Crippen LogP contribution >= 0.6 is 23.4 Å². The zero-order valence-electron chi connectivity index (χ0n) is 10.2. The van der Waals surface area contributed by atoms with Crippen LogP contribution in [0.4, 0.5) is 0 Å². The molecule has 1 N–H and O–H groups in total. The molecule has 0 aromatic heterocycles. The van der Waals surface area contributed by atoms with E-state index >= 15 is 0 Å². The van der Waals surface area contributed by atoms with Crippen molar-refractivity contribution in [2.75, 3.05) is 13.7 Å². The molecule has 2 nitrogen and oxygen atoms in total. The lowest BCUT2D eigenvalue weighted by Gasteiger charge is -2.14. The molecule has 0 radical (unpaired) electrons. The minimum atomic E-state index is 0.343. The number of thioether (sulfide) groups is 1. The van der Waals surface area contributed by atoms with Crippen molar-refractivity contribution in [1.82, 2.24) is 5.32 Å². The van der Waals surface area contributed by atoms with Gasteiger partial charge in [0.05, 0.1) is 6.10 Å². The molecule has 2 rings (SSSR count). The maximum atomic E-state index is 6.25. The van der Waals surface area contributed by atoms with Crippen molar-refractivity contribution < 1.29 is 4.74 Å². The fourth-order valence-corrected chi connectivity index (χ4v) is 3.46. The minimum absolute atomic E-state index is 0.343. The molecule has 1 saturated heterocycles. The quantitative estimate of drug-likeness (QED) is 0.908. The number of nitrogens with one attached hydrogen (secondary N) is 1. The smallest absolute Gasteiger partial charge is 0.0669 e. The van der Waals surface area contributed by atoms with E-state index < -0.39 is 0 Å². The number of rotatable bonds is 4. The third kappa shape index (κ3) is 3.38. The topological polar surface area (TPSA) is 21.3 Å². The van der Waals surface area contributed by atoms with Crippen molar-refractivity contribution in [2.45, 2.75) is 36.1 Å². The molecule has 2 unspecified atom stereocenters. The van der Waals surface area contributed by atoms with Crippen LogP contribution in [0.2, 0.25) is 5.02 Å². The first-order chi connectivity index (χ1) is 8.20. The Balaban J connectivity index is 2.04. The van der Waals surface area contributed by atoms with Crippen LogP contribution in [0.15, 0.2) is 23.1 Å². The SMILES string of the molecule is CNCc1ccc(SC2CCOC2C)cc1Cl. The standard InChI is InChI=1S/C13H18ClNOS/c1-9-13(5-6-16-9)17-11-4-3-10(8-15-2)12(14)7-11/h3-4,7,9,13,15H,5-6,8H2,1-2H3. The summed E-state index contributed by atoms with van der Waals surface area (Å²) in [5.41, 5.74) is 1.15. The first-order valence-electron chi connectivity index (χ1n) is 5.92. The van der Waals surface area contributed by atoms with Crippen molar-refractivity contribution in [3.05, 3.63) is 28.8 Å². The van der Waals surface area contributed by atoms with E-state index in [1.807, 2.05) is 18.8 Å². The van der Waals surface area contributed by atoms with Gasteiger partial charge < -0.3 is 10.1 Å². The second-order valence-corrected chi connectivity index (χ2v) is 6.02. The second kappa shape index (κ2) is 6.10. The predicted octanol–water partition coefficient (Wildman–Crippen LogP) is 3.33. The maximum Gasteiger partial charge on any atom is 0.0669 e. The second-order valence-electron chi connectivity index (χ2n) is 4.30. The van der Waals surface area contributed by atoms with Gasteiger partial charge >= 0.3 is 0 Å². The van der Waals surface area contributed by atoms with Gasteiger partial charge in [-0.3, -0.25) is 0 Å². The third-order valence-electron chi connectivity index (χ3n) is 2.99. The molecule has 1 aliphatic heterocycles. The molecule has 1 heterocycles. The van der Waals surface area contributed by atoms with Crippen molar-refractivity contribution in [1.29, 1.82) is 0 Å². The number of benzene rings is 1. The van der Waals surface area contributed by atoms with Gasteiger partial charge in [-0.1, -0.05) is 17.7 Å². The summed E-state index contributed by atoms with van der Waals surface area (Å²) < 4.78 is 5.57. The first-order valence-corrected chi connectivity index (χ1v) is 7.17. The summed E-state index contributed by atoms with van der Waals surface area (Å²) in [5, 5.41) is 4.51. The molecule has 94 valence electrons. The molecule has 1 aliphatic rings. The Morgan fingerprint density at radius 3 is 2.94 bits per heavy atom. The monoisotopic (exact) mass is 271 g/mol. The molecule has 0 aliphatic carbocycles. The van der Waals surface area contributed by atoms with Crippen molar-refractivity contribution in [3.8, 4) is 0 Å². The van der Waals surface area contributed by atoms with E-state index in [1.165, 1.54) is 4.90 Å². The molecule has 4 heteroatoms. The van der Waals surface area contributed by atoms with Gasteiger partial charge in [0.2, 0.25) is 0 Å². The highest BCUT2D eigenvalue weighted by molar-refractivity contribution is 8.00. The molecule has 0 amide bonds. The fraction of sp³-hybridized carbons (Fsp3) is 0.538. The van der Waals surface area contributed by atoms with Crippen LogP contribution in [0, 0.1) is 0 Å². The molecule has 1 aromatic carbocycles. The zero-order chi connectivity index (χ0) is 12.3. The van der Waals surface area contributed by atoms with E-state index in [1.54, 1.807) is 0 Å². The van der Waals surface area contributed by atoms with Gasteiger partial charge in [0.1, 0.15) is 0 Å². The summed E-state index contributed by atoms with van der Waals surface area (Å²) in [6, 6.07) is 6.31. The Kier molecular flexibility index (Phi) is 4.74. The van der Waals surface area contributed by atoms with Crippen LogP contribution in [-0.4, -0.2) is 25.0 Å². The molecule has 17 heavy (non-hydrogen) atoms. The Bertz CT molecular complexity index is 386. The van der Waals surface area contributed by atoms with E-state index in [9.17, 15) is 0 Å². The molecule has 2 atom stereocenters. The van der Waals surface area contributed by atoms with Gasteiger partial charge in [-0.25, -0.2) is 0 Å². The summed E-state index contributed by atoms with van der Waals surface area (Å²) in [6.07, 6.45) is 1.47. The third-order valence-corrected chi connectivity index (χ3v) is 4.79. The highest BCUT2D eigenvalue weighted by atomic mass is 35.5. The minimum Gasteiger partial charge on any atom is -0.377 e. The molecular formula is C13H18ClNOS. The van der Waals surface area contributed by atoms with Crippen LogP contribution in [-0.2, 0) is 11.3 Å². The highest BCUT2D eigenvalue weighted by Gasteiger charge is 2.25. The molecular weight excluding hydrogens is 254 g/mol. The Morgan fingerprint density at radius 1 is 1.53 bits per heavy atom. The lowest BCUT2D eigenvalue weighted by Crippen LogP contribution is -2.13. The van der Waals surface area contributed by atoms with Gasteiger partial charge in [-0.15, -0.1) is 11.8 Å². The Hall–Kier alpha value is -0.220. The van der Waals surface area contributed by atoms with Crippen LogP contribution in [0.5, 0.6) is 0 Å². The normalized spacial score (nSPS) is 24.2. The van der Waals surface area contributed by atoms with Gasteiger partial charge in [0.15, 0.2) is 0 Å². The van der Waals surface area contributed by atoms with E-state index in [0.29, 0.717) is 11.4 Å². The van der Waals surface area contributed by atoms with E-state index in [2.05, 4.69) is 30.4 Å². The number of hydrogen-bond donors (Lipinski definition) is 1. The summed E-state index contributed by atoms with van der Waals surface area (Å²) in [4.78, 5) is 1.23. The van der Waals surface area contributed by atoms with E-state index in [-0.39, 0.29) is 0 Å². The van der Waals surface area contributed by atoms with Crippen LogP contribution in [0.1, 0.15) is 18.9 Å². The first kappa shape index (κ1) is 13.2. The van der Waals surface area contributed by atoms with Crippen molar-refractivity contribution in [2.24, 2.45) is 0 Å². The lowest BCUT2D eigenvalue weighted by atomic mass is 10.2. The zero-order valence-corrected chi connectivity index (χ0v) is 11.8. The van der Waals surface area contributed by atoms with Crippen LogP contribution in [0.3, 0.4) is 0 Å². The highest BCUT2D eigenvalue weighted by Crippen LogP contribution is 2.34. The van der Waals surface area contributed by atoms with Crippen LogP contribution < -0.4 is 5.32 Å². The van der Waals surface area contributed by atoms with Crippen molar-refractivity contribution >= 4 is 23.4 Å². The average Bonchev–Trinajstić information content (AvgIpc) is 2.69. The average molecular weight is 272 g/mol. The van der Waals surface area contributed by atoms with Gasteiger partial charge in [0, 0.05) is 28.3 Å². The van der Waals surface area contributed by atoms with Crippen molar-refractivity contribution in [3.63, 3.8) is 0 Å². The lowest BCUT2D eigenvalue weighted by molar-refractivity contribution is 0.127. The maximum absolute atomic E-state index is 6.25. The van der Waals surface area contributed by atoms with Gasteiger partial charge in [-0.05, 0) is 38.1 Å². The summed E-state index contributed by atoms with van der Waals surface area (Å²) in [7, 11) is 1.93. The molecule has 0 spiro atoms. The Labute approximate surface area is 112 Å². The molecule has 1 fully saturated rings. The fourth-order valence-electron chi connectivity index (χ4n) is 1.98. The molecule has 0 saturated carbocycles. The summed E-state index contributed by atoms with van der Waals surface area (Å²) in [6.45, 7) is 3.83. The number of ether oxygens (including phenoxy) is 1. The number of halogens is 1. The summed E-state index contributed by atoms with van der Waals surface area (Å²) in [5.74, 6) is 0. The van der Waals surface area contributed by atoms with Gasteiger partial charge in [-0.2, -0.15) is 0 Å². The van der Waals surface area contributed by atoms with E-state index in [0.717, 1.165) is 30.2 Å². The largest absolute Gasteiger partial charge is 0.377 e. The van der Waals surface area contributed by atoms with Gasteiger partial charge in [0.25, 0.3) is 0 Å². The summed E-state index contributed by atoms with van der Waals surface area (Å²) >= 11 is 8.12.